The van der Waals surface area contributed by atoms with Gasteiger partial charge in [0.1, 0.15) is 5.75 Å². The van der Waals surface area contributed by atoms with E-state index in [0.717, 1.165) is 56.8 Å². The molecule has 12 heteroatoms. The van der Waals surface area contributed by atoms with E-state index in [0.29, 0.717) is 48.4 Å². The van der Waals surface area contributed by atoms with Gasteiger partial charge in [0, 0.05) is 69.8 Å². The lowest BCUT2D eigenvalue weighted by atomic mass is 10.1. The molecule has 4 N–H and O–H groups in total. The minimum absolute atomic E-state index is 0.0980. The zero-order chi connectivity index (χ0) is 32.5. The maximum Gasteiger partial charge on any atom is 0.330 e. The van der Waals surface area contributed by atoms with Crippen molar-refractivity contribution in [1.29, 1.82) is 0 Å². The molecule has 2 aliphatic rings. The predicted octanol–water partition coefficient (Wildman–Crippen LogP) is 3.99. The van der Waals surface area contributed by atoms with Crippen LogP contribution in [0.25, 0.3) is 6.08 Å². The highest BCUT2D eigenvalue weighted by Crippen LogP contribution is 2.34. The predicted molar refractivity (Wildman–Crippen MR) is 179 cm³/mol. The lowest BCUT2D eigenvalue weighted by Crippen LogP contribution is -2.46. The van der Waals surface area contributed by atoms with Crippen LogP contribution in [0.1, 0.15) is 47.1 Å². The van der Waals surface area contributed by atoms with Crippen molar-refractivity contribution < 1.29 is 23.8 Å². The van der Waals surface area contributed by atoms with Gasteiger partial charge in [-0.1, -0.05) is 31.2 Å². The van der Waals surface area contributed by atoms with Gasteiger partial charge >= 0.3 is 5.97 Å². The number of hydrogen-bond donors (Lipinski definition) is 3. The second kappa shape index (κ2) is 15.5. The van der Waals surface area contributed by atoms with Crippen molar-refractivity contribution in [1.82, 2.24) is 14.9 Å². The van der Waals surface area contributed by atoms with E-state index in [4.69, 9.17) is 20.2 Å². The molecule has 2 saturated heterocycles. The highest BCUT2D eigenvalue weighted by molar-refractivity contribution is 5.96. The molecule has 0 bridgehead atoms. The Labute approximate surface area is 269 Å². The average molecular weight is 630 g/mol. The SMILES string of the molecule is CCc1nc(C(N)=O)c(Nc2ccc(N3CCN(Cc4ccc(/C=C/C(=O)OC)cc4)CC3)c(OC)c2)nc1NC1CCOCC1. The van der Waals surface area contributed by atoms with Crippen LogP contribution in [0.4, 0.5) is 23.0 Å². The van der Waals surface area contributed by atoms with Crippen LogP contribution in [0.5, 0.6) is 5.75 Å². The van der Waals surface area contributed by atoms with Gasteiger partial charge in [-0.3, -0.25) is 9.69 Å². The van der Waals surface area contributed by atoms with Crippen LogP contribution in [0.15, 0.2) is 48.5 Å². The van der Waals surface area contributed by atoms with Gasteiger partial charge in [0.15, 0.2) is 17.3 Å². The summed E-state index contributed by atoms with van der Waals surface area (Å²) in [5, 5.41) is 6.77. The second-order valence-electron chi connectivity index (χ2n) is 11.3. The molecule has 1 amide bonds. The molecule has 0 spiro atoms. The van der Waals surface area contributed by atoms with Crippen LogP contribution >= 0.6 is 0 Å². The first-order valence-electron chi connectivity index (χ1n) is 15.7. The van der Waals surface area contributed by atoms with Gasteiger partial charge in [-0.2, -0.15) is 0 Å². The van der Waals surface area contributed by atoms with Crippen molar-refractivity contribution >= 4 is 41.0 Å². The standard InChI is InChI=1S/C34H43N7O5/c1-4-27-33(36-25-13-19-46-20-14-25)39-34(31(38-27)32(35)43)37-26-10-11-28(29(21-26)44-2)41-17-15-40(16-18-41)22-24-7-5-23(6-8-24)9-12-30(42)45-3/h5-12,21,25H,4,13-20,22H2,1-3H3,(H2,35,43)(H2,36,37,39)/b12-9+. The van der Waals surface area contributed by atoms with E-state index in [1.54, 1.807) is 13.2 Å². The minimum atomic E-state index is -0.643. The summed E-state index contributed by atoms with van der Waals surface area (Å²) in [6, 6.07) is 14.3. The monoisotopic (exact) mass is 629 g/mol. The molecule has 12 nitrogen and oxygen atoms in total. The third-order valence-electron chi connectivity index (χ3n) is 8.25. The van der Waals surface area contributed by atoms with E-state index in [1.807, 2.05) is 37.3 Å². The van der Waals surface area contributed by atoms with Crippen molar-refractivity contribution in [2.75, 3.05) is 69.1 Å². The van der Waals surface area contributed by atoms with Gasteiger partial charge in [-0.25, -0.2) is 14.8 Å². The van der Waals surface area contributed by atoms with Crippen molar-refractivity contribution in [2.24, 2.45) is 5.73 Å². The van der Waals surface area contributed by atoms with Gasteiger partial charge in [-0.15, -0.1) is 0 Å². The summed E-state index contributed by atoms with van der Waals surface area (Å²) in [6.45, 7) is 7.72. The van der Waals surface area contributed by atoms with E-state index in [9.17, 15) is 9.59 Å². The summed E-state index contributed by atoms with van der Waals surface area (Å²) in [6.07, 6.45) is 5.53. The number of primary amides is 1. The highest BCUT2D eigenvalue weighted by Gasteiger charge is 2.23. The molecule has 3 heterocycles. The first-order chi connectivity index (χ1) is 22.4. The van der Waals surface area contributed by atoms with Crippen LogP contribution in [0.3, 0.4) is 0 Å². The Morgan fingerprint density at radius 3 is 2.41 bits per heavy atom. The quantitative estimate of drug-likeness (QED) is 0.198. The van der Waals surface area contributed by atoms with E-state index in [1.165, 1.54) is 18.7 Å². The lowest BCUT2D eigenvalue weighted by molar-refractivity contribution is -0.134. The van der Waals surface area contributed by atoms with Crippen molar-refractivity contribution in [3.63, 3.8) is 0 Å². The number of carbonyl (C=O) groups excluding carboxylic acids is 2. The zero-order valence-electron chi connectivity index (χ0n) is 26.8. The Morgan fingerprint density at radius 1 is 1.02 bits per heavy atom. The number of amides is 1. The number of nitrogens with two attached hydrogens (primary N) is 1. The number of ether oxygens (including phenoxy) is 3. The van der Waals surface area contributed by atoms with Gasteiger partial charge in [0.2, 0.25) is 0 Å². The van der Waals surface area contributed by atoms with Crippen LogP contribution in [-0.4, -0.2) is 86.4 Å². The molecule has 1 aromatic heterocycles. The molecule has 0 unspecified atom stereocenters. The summed E-state index contributed by atoms with van der Waals surface area (Å²) < 4.78 is 16.0. The fourth-order valence-electron chi connectivity index (χ4n) is 5.65. The molecule has 5 rings (SSSR count). The smallest absolute Gasteiger partial charge is 0.330 e. The number of piperazine rings is 1. The Morgan fingerprint density at radius 2 is 1.76 bits per heavy atom. The van der Waals surface area contributed by atoms with Crippen molar-refractivity contribution in [3.05, 3.63) is 71.1 Å². The van der Waals surface area contributed by atoms with Crippen LogP contribution < -0.4 is 26.0 Å². The molecule has 0 atom stereocenters. The number of hydrogen-bond acceptors (Lipinski definition) is 11. The fraction of sp³-hybridized carbons (Fsp3) is 0.412. The molecule has 46 heavy (non-hydrogen) atoms. The van der Waals surface area contributed by atoms with E-state index in [-0.39, 0.29) is 17.7 Å². The fourth-order valence-corrected chi connectivity index (χ4v) is 5.65. The Balaban J connectivity index is 1.24. The second-order valence-corrected chi connectivity index (χ2v) is 11.3. The topological polar surface area (TPSA) is 144 Å². The third kappa shape index (κ3) is 8.32. The first kappa shape index (κ1) is 32.7. The molecule has 2 aromatic carbocycles. The number of aromatic nitrogens is 2. The summed E-state index contributed by atoms with van der Waals surface area (Å²) in [5.74, 6) is 0.652. The number of aryl methyl sites for hydroxylation is 1. The van der Waals surface area contributed by atoms with E-state index in [2.05, 4.69) is 42.3 Å². The minimum Gasteiger partial charge on any atom is -0.495 e. The Hall–Kier alpha value is -4.68. The maximum absolute atomic E-state index is 12.4. The first-order valence-corrected chi connectivity index (χ1v) is 15.7. The average Bonchev–Trinajstić information content (AvgIpc) is 3.08. The number of nitrogens with one attached hydrogen (secondary N) is 2. The van der Waals surface area contributed by atoms with Gasteiger partial charge < -0.3 is 35.5 Å². The van der Waals surface area contributed by atoms with Crippen LogP contribution in [-0.2, 0) is 27.2 Å². The van der Waals surface area contributed by atoms with Crippen molar-refractivity contribution in [2.45, 2.75) is 38.8 Å². The molecule has 2 fully saturated rings. The molecule has 0 radical (unpaired) electrons. The van der Waals surface area contributed by atoms with Gasteiger partial charge in [0.05, 0.1) is 25.6 Å². The largest absolute Gasteiger partial charge is 0.495 e. The zero-order valence-corrected chi connectivity index (χ0v) is 26.8. The summed E-state index contributed by atoms with van der Waals surface area (Å²) in [4.78, 5) is 37.8. The normalized spacial score (nSPS) is 15.9. The molecule has 244 valence electrons. The van der Waals surface area contributed by atoms with Gasteiger partial charge in [0.25, 0.3) is 5.91 Å². The number of anilines is 4. The summed E-state index contributed by atoms with van der Waals surface area (Å²) >= 11 is 0. The highest BCUT2D eigenvalue weighted by atomic mass is 16.5. The number of carbonyl (C=O) groups is 2. The number of rotatable bonds is 12. The van der Waals surface area contributed by atoms with E-state index < -0.39 is 5.91 Å². The Bertz CT molecular complexity index is 1530. The van der Waals surface area contributed by atoms with E-state index >= 15 is 0 Å². The summed E-state index contributed by atoms with van der Waals surface area (Å²) in [5.41, 5.74) is 10.4. The van der Waals surface area contributed by atoms with Crippen LogP contribution in [0, 0.1) is 0 Å². The number of nitrogens with zero attached hydrogens (tertiary/aromatic N) is 4. The molecular formula is C34H43N7O5. The summed E-state index contributed by atoms with van der Waals surface area (Å²) in [7, 11) is 3.02. The van der Waals surface area contributed by atoms with Crippen molar-refractivity contribution in [3.8, 4) is 5.75 Å². The number of benzene rings is 2. The molecular weight excluding hydrogens is 586 g/mol. The molecule has 2 aliphatic heterocycles. The third-order valence-corrected chi connectivity index (χ3v) is 8.25. The van der Waals surface area contributed by atoms with Gasteiger partial charge in [-0.05, 0) is 48.6 Å². The Kier molecular flexibility index (Phi) is 11.1. The van der Waals surface area contributed by atoms with Crippen LogP contribution in [0.2, 0.25) is 0 Å². The lowest BCUT2D eigenvalue weighted by Gasteiger charge is -2.36. The molecule has 0 aliphatic carbocycles. The molecule has 0 saturated carbocycles. The number of esters is 1. The maximum atomic E-state index is 12.4. The molecule has 3 aromatic rings. The number of methoxy groups -OCH3 is 2.